The number of likely N-dealkylation sites (N-methyl/N-ethyl adjacent to an activating group) is 1. The Balaban J connectivity index is 2.09. The van der Waals surface area contributed by atoms with Crippen LogP contribution in [0, 0.1) is 0 Å². The summed E-state index contributed by atoms with van der Waals surface area (Å²) in [5.74, 6) is -0.391. The van der Waals surface area contributed by atoms with E-state index in [1.807, 2.05) is 0 Å². The number of nitrogens with zero attached hydrogens (tertiary/aromatic N) is 1. The molecule has 0 aliphatic heterocycles. The number of hydrogen-bond donors (Lipinski definition) is 2. The molecule has 0 bridgehead atoms. The fourth-order valence-corrected chi connectivity index (χ4v) is 3.20. The molecule has 2 rings (SSSR count). The second-order valence-corrected chi connectivity index (χ2v) is 6.98. The fraction of sp³-hybridized carbons (Fsp3) is 0.474. The van der Waals surface area contributed by atoms with Crippen LogP contribution >= 0.6 is 0 Å². The molecule has 1 aromatic carbocycles. The van der Waals surface area contributed by atoms with E-state index in [0.717, 1.165) is 0 Å². The van der Waals surface area contributed by atoms with Crippen molar-refractivity contribution in [3.05, 3.63) is 42.6 Å². The van der Waals surface area contributed by atoms with E-state index >= 15 is 0 Å². The van der Waals surface area contributed by atoms with Gasteiger partial charge in [0.05, 0.1) is 6.54 Å². The number of carbonyl (C=O) groups is 2. The highest BCUT2D eigenvalue weighted by Crippen LogP contribution is 2.38. The van der Waals surface area contributed by atoms with Gasteiger partial charge in [0.25, 0.3) is 0 Å². The Labute approximate surface area is 147 Å². The quantitative estimate of drug-likeness (QED) is 0.776. The monoisotopic (exact) mass is 348 g/mol. The Hall–Kier alpha value is -2.37. The van der Waals surface area contributed by atoms with Gasteiger partial charge in [0.15, 0.2) is 5.78 Å². The molecule has 0 saturated heterocycles. The Morgan fingerprint density at radius 3 is 2.36 bits per heavy atom. The SMILES string of the molecule is C=CNC1(C(=O)N(C)CC(=O)c2ccc(O)cc2)CCC(C)(F)CC1. The van der Waals surface area contributed by atoms with E-state index in [1.165, 1.54) is 35.4 Å². The molecule has 0 radical (unpaired) electrons. The topological polar surface area (TPSA) is 69.6 Å². The van der Waals surface area contributed by atoms with Crippen LogP contribution in [0.5, 0.6) is 5.75 Å². The number of phenols is 1. The van der Waals surface area contributed by atoms with Crippen LogP contribution in [0.2, 0.25) is 0 Å². The summed E-state index contributed by atoms with van der Waals surface area (Å²) in [4.78, 5) is 26.7. The summed E-state index contributed by atoms with van der Waals surface area (Å²) in [7, 11) is 1.57. The van der Waals surface area contributed by atoms with Gasteiger partial charge in [0, 0.05) is 12.6 Å². The summed E-state index contributed by atoms with van der Waals surface area (Å²) in [5, 5.41) is 12.3. The van der Waals surface area contributed by atoms with E-state index in [-0.39, 0.29) is 36.8 Å². The normalized spacial score (nSPS) is 25.9. The molecule has 1 saturated carbocycles. The molecule has 1 aromatic rings. The van der Waals surface area contributed by atoms with Gasteiger partial charge in [-0.1, -0.05) is 6.58 Å². The molecule has 1 aliphatic rings. The van der Waals surface area contributed by atoms with Crippen molar-refractivity contribution in [1.82, 2.24) is 10.2 Å². The van der Waals surface area contributed by atoms with Crippen LogP contribution in [0.1, 0.15) is 43.0 Å². The van der Waals surface area contributed by atoms with Gasteiger partial charge in [-0.2, -0.15) is 0 Å². The molecular weight excluding hydrogens is 323 g/mol. The van der Waals surface area contributed by atoms with Gasteiger partial charge in [-0.25, -0.2) is 4.39 Å². The molecule has 136 valence electrons. The van der Waals surface area contributed by atoms with Crippen LogP contribution in [0.4, 0.5) is 4.39 Å². The number of benzene rings is 1. The standard InChI is InChI=1S/C19H25FN2O3/c1-4-21-19(11-9-18(2,20)10-12-19)17(25)22(3)13-16(24)14-5-7-15(23)8-6-14/h4-8,21,23H,1,9-13H2,2-3H3. The second kappa shape index (κ2) is 7.25. The smallest absolute Gasteiger partial charge is 0.248 e. The highest BCUT2D eigenvalue weighted by Gasteiger charge is 2.46. The minimum Gasteiger partial charge on any atom is -0.508 e. The minimum atomic E-state index is -1.27. The number of rotatable bonds is 6. The van der Waals surface area contributed by atoms with E-state index in [9.17, 15) is 19.1 Å². The summed E-state index contributed by atoms with van der Waals surface area (Å²) < 4.78 is 14.1. The number of phenolic OH excluding ortho intramolecular Hbond substituents is 1. The maximum absolute atomic E-state index is 14.1. The summed E-state index contributed by atoms with van der Waals surface area (Å²) in [6.07, 6.45) is 2.71. The van der Waals surface area contributed by atoms with E-state index in [0.29, 0.717) is 18.4 Å². The molecule has 0 aromatic heterocycles. The number of halogens is 1. The predicted molar refractivity (Wildman–Crippen MR) is 94.1 cm³/mol. The third kappa shape index (κ3) is 4.38. The van der Waals surface area contributed by atoms with Crippen molar-refractivity contribution in [2.24, 2.45) is 0 Å². The van der Waals surface area contributed by atoms with Crippen LogP contribution < -0.4 is 5.32 Å². The molecule has 2 N–H and O–H groups in total. The Morgan fingerprint density at radius 2 is 1.84 bits per heavy atom. The maximum Gasteiger partial charge on any atom is 0.248 e. The molecule has 0 heterocycles. The van der Waals surface area contributed by atoms with Crippen LogP contribution in [-0.2, 0) is 4.79 Å². The zero-order valence-corrected chi connectivity index (χ0v) is 14.7. The molecule has 0 unspecified atom stereocenters. The number of nitrogens with one attached hydrogen (secondary N) is 1. The summed E-state index contributed by atoms with van der Waals surface area (Å²) in [6.45, 7) is 5.09. The molecule has 0 spiro atoms. The molecule has 1 fully saturated rings. The van der Waals surface area contributed by atoms with Gasteiger partial charge < -0.3 is 15.3 Å². The van der Waals surface area contributed by atoms with E-state index < -0.39 is 11.2 Å². The van der Waals surface area contributed by atoms with E-state index in [2.05, 4.69) is 11.9 Å². The Morgan fingerprint density at radius 1 is 1.28 bits per heavy atom. The van der Waals surface area contributed by atoms with Gasteiger partial charge in [-0.15, -0.1) is 0 Å². The average Bonchev–Trinajstić information content (AvgIpc) is 2.57. The Kier molecular flexibility index (Phi) is 5.50. The largest absolute Gasteiger partial charge is 0.508 e. The minimum absolute atomic E-state index is 0.0755. The number of carbonyl (C=O) groups excluding carboxylic acids is 2. The number of amides is 1. The van der Waals surface area contributed by atoms with Gasteiger partial charge in [-0.05, 0) is 63.1 Å². The lowest BCUT2D eigenvalue weighted by Crippen LogP contribution is -2.59. The maximum atomic E-state index is 14.1. The van der Waals surface area contributed by atoms with Crippen molar-refractivity contribution in [1.29, 1.82) is 0 Å². The number of aromatic hydroxyl groups is 1. The first-order valence-corrected chi connectivity index (χ1v) is 8.34. The third-order valence-electron chi connectivity index (χ3n) is 4.85. The molecular formula is C19H25FN2O3. The molecule has 6 heteroatoms. The van der Waals surface area contributed by atoms with Crippen LogP contribution in [0.25, 0.3) is 0 Å². The summed E-state index contributed by atoms with van der Waals surface area (Å²) in [6, 6.07) is 5.89. The first kappa shape index (κ1) is 19.0. The molecule has 5 nitrogen and oxygen atoms in total. The summed E-state index contributed by atoms with van der Waals surface area (Å²) in [5.41, 5.74) is -1.77. The van der Waals surface area contributed by atoms with Crippen LogP contribution in [0.15, 0.2) is 37.0 Å². The molecule has 0 atom stereocenters. The van der Waals surface area contributed by atoms with E-state index in [1.54, 1.807) is 14.0 Å². The van der Waals surface area contributed by atoms with Crippen LogP contribution in [0.3, 0.4) is 0 Å². The number of ketones is 1. The Bertz CT molecular complexity index is 645. The molecule has 25 heavy (non-hydrogen) atoms. The highest BCUT2D eigenvalue weighted by atomic mass is 19.1. The first-order chi connectivity index (χ1) is 11.7. The van der Waals surface area contributed by atoms with Crippen LogP contribution in [-0.4, -0.2) is 46.5 Å². The lowest BCUT2D eigenvalue weighted by atomic mass is 9.74. The van der Waals surface area contributed by atoms with E-state index in [4.69, 9.17) is 0 Å². The van der Waals surface area contributed by atoms with Crippen molar-refractivity contribution < 1.29 is 19.1 Å². The van der Waals surface area contributed by atoms with Crippen molar-refractivity contribution in [2.45, 2.75) is 43.8 Å². The predicted octanol–water partition coefficient (Wildman–Crippen LogP) is 2.81. The second-order valence-electron chi connectivity index (χ2n) is 6.98. The summed E-state index contributed by atoms with van der Waals surface area (Å²) >= 11 is 0. The number of hydrogen-bond acceptors (Lipinski definition) is 4. The first-order valence-electron chi connectivity index (χ1n) is 8.34. The molecule has 1 aliphatic carbocycles. The zero-order chi connectivity index (χ0) is 18.7. The van der Waals surface area contributed by atoms with Gasteiger partial charge in [0.1, 0.15) is 17.0 Å². The van der Waals surface area contributed by atoms with Crippen molar-refractivity contribution in [3.8, 4) is 5.75 Å². The lowest BCUT2D eigenvalue weighted by Gasteiger charge is -2.42. The lowest BCUT2D eigenvalue weighted by molar-refractivity contribution is -0.138. The van der Waals surface area contributed by atoms with Gasteiger partial charge >= 0.3 is 0 Å². The average molecular weight is 348 g/mol. The van der Waals surface area contributed by atoms with Crippen molar-refractivity contribution in [2.75, 3.05) is 13.6 Å². The van der Waals surface area contributed by atoms with Gasteiger partial charge in [-0.3, -0.25) is 9.59 Å². The van der Waals surface area contributed by atoms with Crippen molar-refractivity contribution >= 4 is 11.7 Å². The number of Topliss-reactive ketones (excluding diaryl/α,β-unsaturated/α-hetero) is 1. The van der Waals surface area contributed by atoms with Crippen molar-refractivity contribution in [3.63, 3.8) is 0 Å². The third-order valence-corrected chi connectivity index (χ3v) is 4.85. The highest BCUT2D eigenvalue weighted by molar-refractivity contribution is 6.00. The molecule has 1 amide bonds. The zero-order valence-electron chi connectivity index (χ0n) is 14.7. The van der Waals surface area contributed by atoms with Gasteiger partial charge in [0.2, 0.25) is 5.91 Å². The fourth-order valence-electron chi connectivity index (χ4n) is 3.20. The number of alkyl halides is 1.